The maximum absolute atomic E-state index is 13.2. The summed E-state index contributed by atoms with van der Waals surface area (Å²) in [5, 5.41) is 20.3. The van der Waals surface area contributed by atoms with E-state index < -0.39 is 36.0 Å². The normalized spacial score (nSPS) is 11.8. The maximum atomic E-state index is 13.2. The van der Waals surface area contributed by atoms with Crippen molar-refractivity contribution in [2.75, 3.05) is 6.61 Å². The van der Waals surface area contributed by atoms with Crippen LogP contribution in [0.25, 0.3) is 0 Å². The fourth-order valence-electron chi connectivity index (χ4n) is 1.84. The zero-order chi connectivity index (χ0) is 16.3. The Morgan fingerprint density at radius 1 is 1.32 bits per heavy atom. The first-order chi connectivity index (χ1) is 10.5. The van der Waals surface area contributed by atoms with Crippen LogP contribution in [0.2, 0.25) is 0 Å². The quantitative estimate of drug-likeness (QED) is 0.752. The third-order valence-corrected chi connectivity index (χ3v) is 2.96. The standard InChI is InChI=1S/C14H10F3N3O2/c15-10-2-7(3-11(16)13(10)17)12(6-21)20-14(22)8-1-9(4-18)19-5-8/h1-3,5,12,19,21H,6H2,(H,20,22). The predicted molar refractivity (Wildman–Crippen MR) is 69.1 cm³/mol. The van der Waals surface area contributed by atoms with Crippen LogP contribution in [-0.4, -0.2) is 22.6 Å². The van der Waals surface area contributed by atoms with Crippen molar-refractivity contribution in [1.82, 2.24) is 10.3 Å². The Kier molecular flexibility index (Phi) is 4.48. The summed E-state index contributed by atoms with van der Waals surface area (Å²) in [6, 6.07) is 3.33. The highest BCUT2D eigenvalue weighted by Crippen LogP contribution is 2.19. The molecular weight excluding hydrogens is 299 g/mol. The molecule has 1 aromatic heterocycles. The molecule has 0 radical (unpaired) electrons. The Hall–Kier alpha value is -2.79. The molecule has 2 rings (SSSR count). The second-order valence-corrected chi connectivity index (χ2v) is 4.42. The van der Waals surface area contributed by atoms with E-state index in [2.05, 4.69) is 10.3 Å². The molecule has 0 spiro atoms. The molecule has 2 aromatic rings. The van der Waals surface area contributed by atoms with Gasteiger partial charge in [0.15, 0.2) is 17.5 Å². The summed E-state index contributed by atoms with van der Waals surface area (Å²) in [4.78, 5) is 14.5. The van der Waals surface area contributed by atoms with Gasteiger partial charge in [-0.1, -0.05) is 0 Å². The Morgan fingerprint density at radius 2 is 1.95 bits per heavy atom. The fraction of sp³-hybridized carbons (Fsp3) is 0.143. The first-order valence-corrected chi connectivity index (χ1v) is 6.11. The first kappa shape index (κ1) is 15.6. The molecule has 5 nitrogen and oxygen atoms in total. The van der Waals surface area contributed by atoms with E-state index in [1.165, 1.54) is 12.3 Å². The van der Waals surface area contributed by atoms with Crippen LogP contribution in [-0.2, 0) is 0 Å². The van der Waals surface area contributed by atoms with Gasteiger partial charge in [0.1, 0.15) is 11.8 Å². The van der Waals surface area contributed by atoms with Gasteiger partial charge in [-0.2, -0.15) is 5.26 Å². The molecule has 1 heterocycles. The zero-order valence-electron chi connectivity index (χ0n) is 11.0. The van der Waals surface area contributed by atoms with Crippen molar-refractivity contribution in [2.45, 2.75) is 6.04 Å². The number of aromatic amines is 1. The number of hydrogen-bond donors (Lipinski definition) is 3. The van der Waals surface area contributed by atoms with Crippen molar-refractivity contribution >= 4 is 5.91 Å². The van der Waals surface area contributed by atoms with E-state index in [1.54, 1.807) is 6.07 Å². The van der Waals surface area contributed by atoms with Crippen molar-refractivity contribution in [1.29, 1.82) is 5.26 Å². The molecule has 0 saturated carbocycles. The lowest BCUT2D eigenvalue weighted by atomic mass is 10.1. The third-order valence-electron chi connectivity index (χ3n) is 2.96. The molecule has 0 saturated heterocycles. The summed E-state index contributed by atoms with van der Waals surface area (Å²) >= 11 is 0. The number of carbonyl (C=O) groups excluding carboxylic acids is 1. The predicted octanol–water partition coefficient (Wildman–Crippen LogP) is 1.77. The Morgan fingerprint density at radius 3 is 2.45 bits per heavy atom. The lowest BCUT2D eigenvalue weighted by Gasteiger charge is -2.16. The van der Waals surface area contributed by atoms with Crippen LogP contribution in [0, 0.1) is 28.8 Å². The van der Waals surface area contributed by atoms with Gasteiger partial charge in [-0.05, 0) is 23.8 Å². The van der Waals surface area contributed by atoms with E-state index in [-0.39, 0.29) is 16.8 Å². The van der Waals surface area contributed by atoms with Crippen LogP contribution >= 0.6 is 0 Å². The fourth-order valence-corrected chi connectivity index (χ4v) is 1.84. The number of H-pyrrole nitrogens is 1. The van der Waals surface area contributed by atoms with Crippen molar-refractivity contribution in [3.05, 3.63) is 58.7 Å². The zero-order valence-corrected chi connectivity index (χ0v) is 11.0. The van der Waals surface area contributed by atoms with Gasteiger partial charge in [0.05, 0.1) is 18.2 Å². The van der Waals surface area contributed by atoms with Gasteiger partial charge in [0.25, 0.3) is 5.91 Å². The van der Waals surface area contributed by atoms with E-state index >= 15 is 0 Å². The lowest BCUT2D eigenvalue weighted by molar-refractivity contribution is 0.0916. The minimum absolute atomic E-state index is 0.109. The Bertz CT molecular complexity index is 729. The van der Waals surface area contributed by atoms with Gasteiger partial charge in [-0.3, -0.25) is 4.79 Å². The number of nitrogens with one attached hydrogen (secondary N) is 2. The number of halogens is 3. The molecule has 0 aliphatic carbocycles. The number of nitriles is 1. The minimum atomic E-state index is -1.63. The molecule has 1 atom stereocenters. The minimum Gasteiger partial charge on any atom is -0.394 e. The smallest absolute Gasteiger partial charge is 0.253 e. The number of amides is 1. The molecular formula is C14H10F3N3O2. The summed E-state index contributed by atoms with van der Waals surface area (Å²) in [6.07, 6.45) is 1.27. The number of hydrogen-bond acceptors (Lipinski definition) is 3. The van der Waals surface area contributed by atoms with Crippen molar-refractivity contribution < 1.29 is 23.1 Å². The second-order valence-electron chi connectivity index (χ2n) is 4.42. The molecule has 0 bridgehead atoms. The molecule has 0 aliphatic rings. The second kappa shape index (κ2) is 6.32. The van der Waals surface area contributed by atoms with Crippen LogP contribution in [0.5, 0.6) is 0 Å². The van der Waals surface area contributed by atoms with E-state index in [0.29, 0.717) is 12.1 Å². The van der Waals surface area contributed by atoms with Crippen molar-refractivity contribution in [2.24, 2.45) is 0 Å². The molecule has 1 aromatic carbocycles. The third kappa shape index (κ3) is 3.10. The number of aliphatic hydroxyl groups excluding tert-OH is 1. The SMILES string of the molecule is N#Cc1cc(C(=O)NC(CO)c2cc(F)c(F)c(F)c2)c[nH]1. The van der Waals surface area contributed by atoms with Gasteiger partial charge in [0.2, 0.25) is 0 Å². The number of nitrogens with zero attached hydrogens (tertiary/aromatic N) is 1. The summed E-state index contributed by atoms with van der Waals surface area (Å²) in [5.74, 6) is -5.13. The van der Waals surface area contributed by atoms with Crippen LogP contribution in [0.3, 0.4) is 0 Å². The van der Waals surface area contributed by atoms with E-state index in [9.17, 15) is 23.1 Å². The van der Waals surface area contributed by atoms with Gasteiger partial charge < -0.3 is 15.4 Å². The molecule has 0 aliphatic heterocycles. The topological polar surface area (TPSA) is 88.9 Å². The lowest BCUT2D eigenvalue weighted by Crippen LogP contribution is -2.30. The van der Waals surface area contributed by atoms with Crippen LogP contribution < -0.4 is 5.32 Å². The summed E-state index contributed by atoms with van der Waals surface area (Å²) in [7, 11) is 0. The number of aliphatic hydroxyl groups is 1. The van der Waals surface area contributed by atoms with Gasteiger partial charge in [0, 0.05) is 6.20 Å². The summed E-state index contributed by atoms with van der Waals surface area (Å²) in [6.45, 7) is -0.647. The van der Waals surface area contributed by atoms with E-state index in [0.717, 1.165) is 0 Å². The molecule has 0 fully saturated rings. The molecule has 22 heavy (non-hydrogen) atoms. The first-order valence-electron chi connectivity index (χ1n) is 6.11. The molecule has 1 amide bonds. The molecule has 8 heteroatoms. The van der Waals surface area contributed by atoms with Crippen LogP contribution in [0.15, 0.2) is 24.4 Å². The van der Waals surface area contributed by atoms with Crippen molar-refractivity contribution in [3.8, 4) is 6.07 Å². The molecule has 3 N–H and O–H groups in total. The highest BCUT2D eigenvalue weighted by molar-refractivity contribution is 5.94. The van der Waals surface area contributed by atoms with Crippen molar-refractivity contribution in [3.63, 3.8) is 0 Å². The van der Waals surface area contributed by atoms with Crippen LogP contribution in [0.1, 0.15) is 27.7 Å². The molecule has 114 valence electrons. The number of carbonyl (C=O) groups is 1. The van der Waals surface area contributed by atoms with Gasteiger partial charge in [-0.15, -0.1) is 0 Å². The Labute approximate surface area is 123 Å². The summed E-state index contributed by atoms with van der Waals surface area (Å²) in [5.41, 5.74) is 0.144. The highest BCUT2D eigenvalue weighted by atomic mass is 19.2. The highest BCUT2D eigenvalue weighted by Gasteiger charge is 2.20. The molecule has 1 unspecified atom stereocenters. The average molecular weight is 309 g/mol. The number of aromatic nitrogens is 1. The monoisotopic (exact) mass is 309 g/mol. The maximum Gasteiger partial charge on any atom is 0.253 e. The summed E-state index contributed by atoms with van der Waals surface area (Å²) < 4.78 is 39.3. The number of rotatable bonds is 4. The average Bonchev–Trinajstić information content (AvgIpc) is 2.98. The number of benzene rings is 1. The largest absolute Gasteiger partial charge is 0.394 e. The van der Waals surface area contributed by atoms with Gasteiger partial charge in [-0.25, -0.2) is 13.2 Å². The van der Waals surface area contributed by atoms with Crippen LogP contribution in [0.4, 0.5) is 13.2 Å². The van der Waals surface area contributed by atoms with Gasteiger partial charge >= 0.3 is 0 Å². The Balaban J connectivity index is 2.22. The van der Waals surface area contributed by atoms with E-state index in [4.69, 9.17) is 5.26 Å². The van der Waals surface area contributed by atoms with E-state index in [1.807, 2.05) is 0 Å².